The van der Waals surface area contributed by atoms with Crippen molar-refractivity contribution >= 4 is 24.3 Å². The molecule has 2 aromatic rings. The van der Waals surface area contributed by atoms with Gasteiger partial charge in [-0.1, -0.05) is 42.5 Å². The van der Waals surface area contributed by atoms with E-state index in [9.17, 15) is 9.36 Å². The van der Waals surface area contributed by atoms with Crippen LogP contribution in [-0.4, -0.2) is 31.4 Å². The van der Waals surface area contributed by atoms with Crippen LogP contribution in [0.4, 0.5) is 0 Å². The van der Waals surface area contributed by atoms with Gasteiger partial charge >= 0.3 is 13.6 Å². The number of esters is 1. The van der Waals surface area contributed by atoms with Gasteiger partial charge in [-0.25, -0.2) is 0 Å². The number of carbonyl (C=O) groups excluding carboxylic acids is 1. The molecule has 0 aromatic heterocycles. The van der Waals surface area contributed by atoms with Crippen molar-refractivity contribution in [1.29, 1.82) is 0 Å². The topological polar surface area (TPSA) is 61.8 Å². The van der Waals surface area contributed by atoms with Crippen LogP contribution in [0.3, 0.4) is 0 Å². The molecule has 0 aliphatic rings. The molecule has 6 heteroatoms. The molecule has 1 unspecified atom stereocenters. The third-order valence-corrected chi connectivity index (χ3v) is 6.19. The van der Waals surface area contributed by atoms with Crippen molar-refractivity contribution in [1.82, 2.24) is 0 Å². The van der Waals surface area contributed by atoms with Gasteiger partial charge in [0, 0.05) is 0 Å². The maximum atomic E-state index is 13.2. The maximum Gasteiger partial charge on any atom is 0.345 e. The van der Waals surface area contributed by atoms with Crippen LogP contribution in [0.5, 0.6) is 0 Å². The highest BCUT2D eigenvalue weighted by Gasteiger charge is 2.42. The van der Waals surface area contributed by atoms with Crippen molar-refractivity contribution in [2.45, 2.75) is 32.9 Å². The quantitative estimate of drug-likeness (QED) is 0.481. The highest BCUT2D eigenvalue weighted by molar-refractivity contribution is 7.55. The number of fused-ring (bicyclic) bond motifs is 1. The van der Waals surface area contributed by atoms with Gasteiger partial charge in [-0.15, -0.1) is 0 Å². The highest BCUT2D eigenvalue weighted by Crippen LogP contribution is 2.54. The fourth-order valence-corrected chi connectivity index (χ4v) is 4.65. The van der Waals surface area contributed by atoms with E-state index in [1.807, 2.05) is 42.5 Å². The minimum absolute atomic E-state index is 0.199. The lowest BCUT2D eigenvalue weighted by Crippen LogP contribution is -2.28. The normalized spacial score (nSPS) is 12.9. The molecular weight excluding hydrogens is 339 g/mol. The summed E-state index contributed by atoms with van der Waals surface area (Å²) in [6.45, 7) is 5.78. The molecule has 2 aromatic carbocycles. The molecule has 0 amide bonds. The van der Waals surface area contributed by atoms with Gasteiger partial charge in [0.25, 0.3) is 0 Å². The van der Waals surface area contributed by atoms with Crippen LogP contribution < -0.4 is 0 Å². The molecule has 0 aliphatic carbocycles. The Morgan fingerprint density at radius 3 is 2.20 bits per heavy atom. The highest BCUT2D eigenvalue weighted by atomic mass is 31.2. The SMILES string of the molecule is CCOC(=O)C(Cc1ccc2ccccc2c1)P(=O)(OCC)OCC. The third kappa shape index (κ3) is 4.91. The molecule has 136 valence electrons. The van der Waals surface area contributed by atoms with E-state index in [1.165, 1.54) is 0 Å². The van der Waals surface area contributed by atoms with Crippen molar-refractivity contribution in [2.24, 2.45) is 0 Å². The van der Waals surface area contributed by atoms with Crippen LogP contribution in [0, 0.1) is 0 Å². The first-order valence-corrected chi connectivity index (χ1v) is 10.2. The monoisotopic (exact) mass is 364 g/mol. The summed E-state index contributed by atoms with van der Waals surface area (Å²) in [5.41, 5.74) is -0.0927. The summed E-state index contributed by atoms with van der Waals surface area (Å²) in [4.78, 5) is 12.5. The van der Waals surface area contributed by atoms with Gasteiger partial charge < -0.3 is 13.8 Å². The molecule has 0 saturated carbocycles. The number of rotatable bonds is 9. The second kappa shape index (κ2) is 9.14. The first-order valence-electron chi connectivity index (χ1n) is 8.57. The van der Waals surface area contributed by atoms with E-state index >= 15 is 0 Å². The lowest BCUT2D eigenvalue weighted by Gasteiger charge is -2.25. The van der Waals surface area contributed by atoms with Gasteiger partial charge in [0.2, 0.25) is 0 Å². The van der Waals surface area contributed by atoms with Crippen molar-refractivity contribution < 1.29 is 23.1 Å². The molecule has 0 aliphatic heterocycles. The van der Waals surface area contributed by atoms with Crippen LogP contribution in [0.25, 0.3) is 10.8 Å². The summed E-state index contributed by atoms with van der Waals surface area (Å²) in [6.07, 6.45) is 0.237. The minimum Gasteiger partial charge on any atom is -0.465 e. The van der Waals surface area contributed by atoms with Gasteiger partial charge in [-0.3, -0.25) is 9.36 Å². The first kappa shape index (κ1) is 19.6. The predicted octanol–water partition coefficient (Wildman–Crippen LogP) is 4.58. The zero-order chi connectivity index (χ0) is 18.3. The maximum absolute atomic E-state index is 13.2. The standard InChI is InChI=1S/C19H25O5P/c1-4-22-19(20)18(25(21,23-5-2)24-6-3)14-15-11-12-16-9-7-8-10-17(16)13-15/h7-13,18H,4-6,14H2,1-3H3. The van der Waals surface area contributed by atoms with E-state index in [0.29, 0.717) is 0 Å². The van der Waals surface area contributed by atoms with Crippen molar-refractivity contribution in [3.8, 4) is 0 Å². The Bertz CT molecular complexity index is 748. The third-order valence-electron chi connectivity index (χ3n) is 3.80. The molecule has 0 N–H and O–H groups in total. The number of benzene rings is 2. The molecule has 0 saturated heterocycles. The Balaban J connectivity index is 2.36. The van der Waals surface area contributed by atoms with Crippen LogP contribution in [0.2, 0.25) is 0 Å². The lowest BCUT2D eigenvalue weighted by molar-refractivity contribution is -0.143. The molecule has 0 spiro atoms. The van der Waals surface area contributed by atoms with E-state index in [-0.39, 0.29) is 26.2 Å². The molecule has 0 bridgehead atoms. The average Bonchev–Trinajstić information content (AvgIpc) is 2.60. The molecule has 25 heavy (non-hydrogen) atoms. The van der Waals surface area contributed by atoms with Gasteiger partial charge in [0.05, 0.1) is 19.8 Å². The number of ether oxygens (including phenoxy) is 1. The Hall–Kier alpha value is -1.68. The second-order valence-electron chi connectivity index (χ2n) is 5.53. The van der Waals surface area contributed by atoms with Crippen molar-refractivity contribution in [2.75, 3.05) is 19.8 Å². The first-order chi connectivity index (χ1) is 12.0. The lowest BCUT2D eigenvalue weighted by atomic mass is 10.0. The van der Waals surface area contributed by atoms with E-state index in [2.05, 4.69) is 0 Å². The average molecular weight is 364 g/mol. The Morgan fingerprint density at radius 1 is 0.960 bits per heavy atom. The van der Waals surface area contributed by atoms with Crippen LogP contribution in [0.1, 0.15) is 26.3 Å². The summed E-state index contributed by atoms with van der Waals surface area (Å²) in [5, 5.41) is 2.17. The molecule has 0 fully saturated rings. The summed E-state index contributed by atoms with van der Waals surface area (Å²) in [5.74, 6) is -0.555. The summed E-state index contributed by atoms with van der Waals surface area (Å²) in [6, 6.07) is 13.9. The molecule has 0 radical (unpaired) electrons. The molecule has 0 heterocycles. The van der Waals surface area contributed by atoms with Gasteiger partial charge in [-0.2, -0.15) is 0 Å². The van der Waals surface area contributed by atoms with E-state index < -0.39 is 19.2 Å². The molecule has 1 atom stereocenters. The largest absolute Gasteiger partial charge is 0.465 e. The van der Waals surface area contributed by atoms with Crippen LogP contribution >= 0.6 is 7.60 Å². The molecular formula is C19H25O5P. The second-order valence-corrected chi connectivity index (χ2v) is 7.75. The predicted molar refractivity (Wildman–Crippen MR) is 98.9 cm³/mol. The molecule has 2 rings (SSSR count). The minimum atomic E-state index is -3.62. The number of carbonyl (C=O) groups is 1. The fraction of sp³-hybridized carbons (Fsp3) is 0.421. The van der Waals surface area contributed by atoms with Crippen molar-refractivity contribution in [3.63, 3.8) is 0 Å². The summed E-state index contributed by atoms with van der Waals surface area (Å²) < 4.78 is 29.1. The number of hydrogen-bond acceptors (Lipinski definition) is 5. The Morgan fingerprint density at radius 2 is 1.60 bits per heavy atom. The Kier molecular flexibility index (Phi) is 7.18. The molecule has 5 nitrogen and oxygen atoms in total. The van der Waals surface area contributed by atoms with Gasteiger partial charge in [-0.05, 0) is 43.5 Å². The summed E-state index contributed by atoms with van der Waals surface area (Å²) >= 11 is 0. The zero-order valence-corrected chi connectivity index (χ0v) is 15.8. The van der Waals surface area contributed by atoms with Crippen molar-refractivity contribution in [3.05, 3.63) is 48.0 Å². The van der Waals surface area contributed by atoms with E-state index in [1.54, 1.807) is 20.8 Å². The number of hydrogen-bond donors (Lipinski definition) is 0. The van der Waals surface area contributed by atoms with E-state index in [0.717, 1.165) is 16.3 Å². The van der Waals surface area contributed by atoms with E-state index in [4.69, 9.17) is 13.8 Å². The fourth-order valence-electron chi connectivity index (χ4n) is 2.73. The van der Waals surface area contributed by atoms with Crippen LogP contribution in [-0.2, 0) is 29.6 Å². The smallest absolute Gasteiger partial charge is 0.345 e. The zero-order valence-electron chi connectivity index (χ0n) is 14.9. The Labute approximate surface area is 148 Å². The van der Waals surface area contributed by atoms with Gasteiger partial charge in [0.15, 0.2) is 5.66 Å². The van der Waals surface area contributed by atoms with Crippen LogP contribution in [0.15, 0.2) is 42.5 Å². The summed E-state index contributed by atoms with van der Waals surface area (Å²) in [7, 11) is -3.62. The van der Waals surface area contributed by atoms with Gasteiger partial charge in [0.1, 0.15) is 0 Å².